The molecule has 1 aliphatic rings. The maximum atomic E-state index is 3.50. The molecule has 0 spiro atoms. The van der Waals surface area contributed by atoms with Crippen LogP contribution in [0.4, 0.5) is 0 Å². The molecule has 1 fully saturated rings. The summed E-state index contributed by atoms with van der Waals surface area (Å²) in [5.41, 5.74) is 1.33. The van der Waals surface area contributed by atoms with Crippen LogP contribution in [0.3, 0.4) is 0 Å². The van der Waals surface area contributed by atoms with Crippen molar-refractivity contribution in [2.24, 2.45) is 0 Å². The van der Waals surface area contributed by atoms with E-state index in [4.69, 9.17) is 0 Å². The third-order valence-electron chi connectivity index (χ3n) is 3.21. The Morgan fingerprint density at radius 3 is 2.94 bits per heavy atom. The Kier molecular flexibility index (Phi) is 4.39. The molecule has 3 N–H and O–H groups in total. The zero-order valence-corrected chi connectivity index (χ0v) is 10.00. The molecule has 1 aliphatic heterocycles. The molecule has 1 saturated heterocycles. The first-order chi connectivity index (χ1) is 7.86. The number of rotatable bonds is 5. The van der Waals surface area contributed by atoms with E-state index in [1.54, 1.807) is 0 Å². The molecule has 1 aromatic rings. The van der Waals surface area contributed by atoms with Crippen LogP contribution in [-0.4, -0.2) is 48.6 Å². The van der Waals surface area contributed by atoms with Gasteiger partial charge in [0, 0.05) is 57.7 Å². The second-order valence-corrected chi connectivity index (χ2v) is 4.49. The van der Waals surface area contributed by atoms with Crippen molar-refractivity contribution in [3.63, 3.8) is 0 Å². The minimum Gasteiger partial charge on any atom is -0.367 e. The minimum atomic E-state index is 0.626. The van der Waals surface area contributed by atoms with Gasteiger partial charge in [0.1, 0.15) is 0 Å². The van der Waals surface area contributed by atoms with E-state index in [1.807, 2.05) is 12.4 Å². The fourth-order valence-electron chi connectivity index (χ4n) is 2.15. The molecule has 0 aromatic carbocycles. The number of piperazine rings is 1. The molecule has 4 nitrogen and oxygen atoms in total. The summed E-state index contributed by atoms with van der Waals surface area (Å²) < 4.78 is 0. The molecule has 90 valence electrons. The number of hydrogen-bond acceptors (Lipinski definition) is 3. The zero-order valence-electron chi connectivity index (χ0n) is 10.00. The van der Waals surface area contributed by atoms with Gasteiger partial charge in [-0.3, -0.25) is 4.90 Å². The number of nitrogens with one attached hydrogen (secondary N) is 3. The van der Waals surface area contributed by atoms with Crippen molar-refractivity contribution in [1.29, 1.82) is 0 Å². The van der Waals surface area contributed by atoms with Crippen LogP contribution in [0.25, 0.3) is 0 Å². The van der Waals surface area contributed by atoms with Crippen molar-refractivity contribution < 1.29 is 0 Å². The standard InChI is InChI=1S/C12H22N4/c1-11(16-6-4-13-5-7-16)8-15-10-12-2-3-14-9-12/h2-3,9,11,13-15H,4-8,10H2,1H3. The van der Waals surface area contributed by atoms with E-state index in [-0.39, 0.29) is 0 Å². The maximum absolute atomic E-state index is 3.50. The van der Waals surface area contributed by atoms with E-state index in [0.717, 1.165) is 26.2 Å². The topological polar surface area (TPSA) is 43.1 Å². The van der Waals surface area contributed by atoms with Crippen LogP contribution in [0, 0.1) is 0 Å². The van der Waals surface area contributed by atoms with Crippen LogP contribution in [-0.2, 0) is 6.54 Å². The van der Waals surface area contributed by atoms with Gasteiger partial charge in [-0.2, -0.15) is 0 Å². The van der Waals surface area contributed by atoms with Crippen molar-refractivity contribution in [3.05, 3.63) is 24.0 Å². The Bertz CT molecular complexity index is 277. The van der Waals surface area contributed by atoms with Gasteiger partial charge in [0.25, 0.3) is 0 Å². The molecule has 0 radical (unpaired) electrons. The Labute approximate surface area is 97.4 Å². The fraction of sp³-hybridized carbons (Fsp3) is 0.667. The van der Waals surface area contributed by atoms with E-state index in [0.29, 0.717) is 6.04 Å². The molecule has 16 heavy (non-hydrogen) atoms. The van der Waals surface area contributed by atoms with E-state index >= 15 is 0 Å². The van der Waals surface area contributed by atoms with Gasteiger partial charge in [0.15, 0.2) is 0 Å². The quantitative estimate of drug-likeness (QED) is 0.675. The fourth-order valence-corrected chi connectivity index (χ4v) is 2.15. The molecule has 2 rings (SSSR count). The molecule has 0 bridgehead atoms. The highest BCUT2D eigenvalue weighted by Gasteiger charge is 2.15. The van der Waals surface area contributed by atoms with Crippen LogP contribution in [0.5, 0.6) is 0 Å². The van der Waals surface area contributed by atoms with Crippen LogP contribution >= 0.6 is 0 Å². The molecule has 2 heterocycles. The highest BCUT2D eigenvalue weighted by molar-refractivity contribution is 5.07. The zero-order chi connectivity index (χ0) is 11.2. The van der Waals surface area contributed by atoms with E-state index in [2.05, 4.69) is 33.5 Å². The lowest BCUT2D eigenvalue weighted by molar-refractivity contribution is 0.181. The summed E-state index contributed by atoms with van der Waals surface area (Å²) in [5, 5.41) is 6.88. The average molecular weight is 222 g/mol. The van der Waals surface area contributed by atoms with Crippen molar-refractivity contribution in [3.8, 4) is 0 Å². The van der Waals surface area contributed by atoms with Crippen molar-refractivity contribution in [1.82, 2.24) is 20.5 Å². The number of nitrogens with zero attached hydrogens (tertiary/aromatic N) is 1. The van der Waals surface area contributed by atoms with Gasteiger partial charge in [-0.1, -0.05) is 0 Å². The van der Waals surface area contributed by atoms with Gasteiger partial charge >= 0.3 is 0 Å². The molecule has 0 amide bonds. The SMILES string of the molecule is CC(CNCc1cc[nH]c1)N1CCNCC1. The summed E-state index contributed by atoms with van der Waals surface area (Å²) in [4.78, 5) is 5.61. The number of H-pyrrole nitrogens is 1. The number of aromatic nitrogens is 1. The van der Waals surface area contributed by atoms with Gasteiger partial charge in [-0.15, -0.1) is 0 Å². The van der Waals surface area contributed by atoms with Gasteiger partial charge in [0.05, 0.1) is 0 Å². The first-order valence-electron chi connectivity index (χ1n) is 6.13. The monoisotopic (exact) mass is 222 g/mol. The summed E-state index contributed by atoms with van der Waals surface area (Å²) in [5.74, 6) is 0. The second kappa shape index (κ2) is 6.03. The van der Waals surface area contributed by atoms with Crippen LogP contribution in [0.2, 0.25) is 0 Å². The van der Waals surface area contributed by atoms with Gasteiger partial charge < -0.3 is 15.6 Å². The Hall–Kier alpha value is -0.840. The smallest absolute Gasteiger partial charge is 0.0221 e. The summed E-state index contributed by atoms with van der Waals surface area (Å²) in [6.45, 7) is 8.92. The van der Waals surface area contributed by atoms with Crippen molar-refractivity contribution in [2.45, 2.75) is 19.5 Å². The molecule has 1 unspecified atom stereocenters. The van der Waals surface area contributed by atoms with Crippen LogP contribution < -0.4 is 10.6 Å². The molecule has 0 saturated carbocycles. The van der Waals surface area contributed by atoms with Crippen LogP contribution in [0.15, 0.2) is 18.5 Å². The Morgan fingerprint density at radius 2 is 2.25 bits per heavy atom. The molecular formula is C12H22N4. The molecule has 1 atom stereocenters. The normalized spacial score (nSPS) is 19.8. The van der Waals surface area contributed by atoms with E-state index < -0.39 is 0 Å². The largest absolute Gasteiger partial charge is 0.367 e. The third kappa shape index (κ3) is 3.33. The summed E-state index contributed by atoms with van der Waals surface area (Å²) in [6, 6.07) is 2.74. The van der Waals surface area contributed by atoms with Gasteiger partial charge in [-0.25, -0.2) is 0 Å². The summed E-state index contributed by atoms with van der Waals surface area (Å²) >= 11 is 0. The number of hydrogen-bond donors (Lipinski definition) is 3. The highest BCUT2D eigenvalue weighted by Crippen LogP contribution is 2.01. The Balaban J connectivity index is 1.65. The van der Waals surface area contributed by atoms with Crippen LogP contribution in [0.1, 0.15) is 12.5 Å². The summed E-state index contributed by atoms with van der Waals surface area (Å²) in [6.07, 6.45) is 4.01. The molecule has 4 heteroatoms. The van der Waals surface area contributed by atoms with E-state index in [1.165, 1.54) is 18.7 Å². The predicted molar refractivity (Wildman–Crippen MR) is 66.4 cm³/mol. The van der Waals surface area contributed by atoms with Crippen molar-refractivity contribution >= 4 is 0 Å². The first kappa shape index (κ1) is 11.6. The maximum Gasteiger partial charge on any atom is 0.0221 e. The van der Waals surface area contributed by atoms with Crippen molar-refractivity contribution in [2.75, 3.05) is 32.7 Å². The molecule has 0 aliphatic carbocycles. The van der Waals surface area contributed by atoms with Gasteiger partial charge in [-0.05, 0) is 18.6 Å². The summed E-state index contributed by atoms with van der Waals surface area (Å²) in [7, 11) is 0. The highest BCUT2D eigenvalue weighted by atomic mass is 15.2. The molecule has 1 aromatic heterocycles. The minimum absolute atomic E-state index is 0.626. The first-order valence-corrected chi connectivity index (χ1v) is 6.13. The van der Waals surface area contributed by atoms with Gasteiger partial charge in [0.2, 0.25) is 0 Å². The second-order valence-electron chi connectivity index (χ2n) is 4.49. The third-order valence-corrected chi connectivity index (χ3v) is 3.21. The predicted octanol–water partition coefficient (Wildman–Crippen LogP) is 0.398. The lowest BCUT2D eigenvalue weighted by Gasteiger charge is -2.32. The molecular weight excluding hydrogens is 200 g/mol. The number of aromatic amines is 1. The lowest BCUT2D eigenvalue weighted by Crippen LogP contribution is -2.50. The van der Waals surface area contributed by atoms with E-state index in [9.17, 15) is 0 Å². The Morgan fingerprint density at radius 1 is 1.44 bits per heavy atom. The lowest BCUT2D eigenvalue weighted by atomic mass is 10.2. The average Bonchev–Trinajstić information content (AvgIpc) is 2.83.